The minimum absolute atomic E-state index is 0.564. The standard InChI is InChI=1S/C18H17N5/c1-10-18(21-12-5-6-12)23-17-13(3-2-4-14(17)20-10)15-7-11-8-19-9-16(11)22-15/h2-4,7-8,12,19H,5-6,9H2,1H3,(H,21,23). The lowest BCUT2D eigenvalue weighted by atomic mass is 10.1. The molecule has 2 aliphatic heterocycles. The van der Waals surface area contributed by atoms with E-state index < -0.39 is 0 Å². The molecule has 2 N–H and O–H groups in total. The molecule has 1 aromatic heterocycles. The number of hydrogen-bond donors (Lipinski definition) is 2. The summed E-state index contributed by atoms with van der Waals surface area (Å²) < 4.78 is 0. The molecule has 0 bridgehead atoms. The molecule has 1 saturated carbocycles. The third-order valence-corrected chi connectivity index (χ3v) is 4.47. The Balaban J connectivity index is 1.66. The summed E-state index contributed by atoms with van der Waals surface area (Å²) in [5, 5.41) is 6.69. The molecule has 0 atom stereocenters. The Morgan fingerprint density at radius 1 is 1.22 bits per heavy atom. The predicted molar refractivity (Wildman–Crippen MR) is 92.4 cm³/mol. The van der Waals surface area contributed by atoms with E-state index in [-0.39, 0.29) is 0 Å². The molecular weight excluding hydrogens is 286 g/mol. The average molecular weight is 303 g/mol. The van der Waals surface area contributed by atoms with Gasteiger partial charge in [-0.15, -0.1) is 0 Å². The van der Waals surface area contributed by atoms with Crippen molar-refractivity contribution in [3.05, 3.63) is 47.3 Å². The zero-order valence-electron chi connectivity index (χ0n) is 12.9. The lowest BCUT2D eigenvalue weighted by Gasteiger charge is -2.11. The van der Waals surface area contributed by atoms with E-state index >= 15 is 0 Å². The van der Waals surface area contributed by atoms with Crippen LogP contribution in [0.1, 0.15) is 24.1 Å². The summed E-state index contributed by atoms with van der Waals surface area (Å²) in [7, 11) is 0. The van der Waals surface area contributed by atoms with Gasteiger partial charge in [0.2, 0.25) is 0 Å². The highest BCUT2D eigenvalue weighted by atomic mass is 15.1. The highest BCUT2D eigenvalue weighted by molar-refractivity contribution is 6.14. The summed E-state index contributed by atoms with van der Waals surface area (Å²) in [6.45, 7) is 2.82. The summed E-state index contributed by atoms with van der Waals surface area (Å²) in [5.41, 5.74) is 7.11. The zero-order chi connectivity index (χ0) is 15.4. The molecule has 1 fully saturated rings. The number of allylic oxidation sites excluding steroid dienone is 1. The first-order chi connectivity index (χ1) is 11.3. The van der Waals surface area contributed by atoms with Crippen molar-refractivity contribution >= 4 is 28.3 Å². The number of nitrogens with zero attached hydrogens (tertiary/aromatic N) is 3. The number of aliphatic imine (C=N–C) groups is 1. The van der Waals surface area contributed by atoms with Crippen LogP contribution in [0.4, 0.5) is 5.82 Å². The lowest BCUT2D eigenvalue weighted by Crippen LogP contribution is -2.08. The van der Waals surface area contributed by atoms with E-state index in [1.54, 1.807) is 0 Å². The largest absolute Gasteiger partial charge is 0.385 e. The Hall–Kier alpha value is -2.69. The zero-order valence-corrected chi connectivity index (χ0v) is 12.9. The molecule has 5 nitrogen and oxygen atoms in total. The second kappa shape index (κ2) is 4.65. The van der Waals surface area contributed by atoms with Crippen LogP contribution in [0.3, 0.4) is 0 Å². The van der Waals surface area contributed by atoms with Crippen LogP contribution in [0, 0.1) is 6.92 Å². The molecule has 23 heavy (non-hydrogen) atoms. The van der Waals surface area contributed by atoms with E-state index in [2.05, 4.69) is 22.8 Å². The second-order valence-electron chi connectivity index (χ2n) is 6.32. The third kappa shape index (κ3) is 2.11. The van der Waals surface area contributed by atoms with Gasteiger partial charge in [-0.2, -0.15) is 0 Å². The fourth-order valence-corrected chi connectivity index (χ4v) is 3.06. The molecule has 2 aromatic rings. The number of anilines is 1. The average Bonchev–Trinajstić information content (AvgIpc) is 3.09. The number of para-hydroxylation sites is 1. The number of fused-ring (bicyclic) bond motifs is 2. The van der Waals surface area contributed by atoms with Crippen molar-refractivity contribution in [1.29, 1.82) is 0 Å². The van der Waals surface area contributed by atoms with E-state index in [1.807, 2.05) is 25.3 Å². The van der Waals surface area contributed by atoms with E-state index in [4.69, 9.17) is 15.0 Å². The monoisotopic (exact) mass is 303 g/mol. The van der Waals surface area contributed by atoms with Crippen LogP contribution in [-0.2, 0) is 0 Å². The summed E-state index contributed by atoms with van der Waals surface area (Å²) >= 11 is 0. The Morgan fingerprint density at radius 3 is 2.96 bits per heavy atom. The van der Waals surface area contributed by atoms with Crippen LogP contribution in [-0.4, -0.2) is 28.3 Å². The maximum Gasteiger partial charge on any atom is 0.148 e. The summed E-state index contributed by atoms with van der Waals surface area (Å²) in [6.07, 6.45) is 6.59. The second-order valence-corrected chi connectivity index (χ2v) is 6.32. The fourth-order valence-electron chi connectivity index (χ4n) is 3.06. The molecule has 5 heteroatoms. The van der Waals surface area contributed by atoms with Crippen molar-refractivity contribution in [2.45, 2.75) is 25.8 Å². The van der Waals surface area contributed by atoms with Crippen LogP contribution in [0.2, 0.25) is 0 Å². The van der Waals surface area contributed by atoms with Crippen molar-refractivity contribution in [1.82, 2.24) is 15.3 Å². The van der Waals surface area contributed by atoms with Crippen LogP contribution in [0.5, 0.6) is 0 Å². The van der Waals surface area contributed by atoms with Gasteiger partial charge in [-0.1, -0.05) is 12.1 Å². The van der Waals surface area contributed by atoms with Gasteiger partial charge in [-0.25, -0.2) is 9.97 Å². The molecule has 0 spiro atoms. The normalized spacial score (nSPS) is 19.1. The van der Waals surface area contributed by atoms with Crippen molar-refractivity contribution in [3.63, 3.8) is 0 Å². The number of aryl methyl sites for hydroxylation is 1. The van der Waals surface area contributed by atoms with Crippen molar-refractivity contribution in [3.8, 4) is 0 Å². The van der Waals surface area contributed by atoms with Crippen LogP contribution < -0.4 is 10.6 Å². The number of rotatable bonds is 3. The van der Waals surface area contributed by atoms with Crippen molar-refractivity contribution < 1.29 is 0 Å². The van der Waals surface area contributed by atoms with Gasteiger partial charge in [0.05, 0.1) is 29.2 Å². The first kappa shape index (κ1) is 12.8. The minimum Gasteiger partial charge on any atom is -0.385 e. The summed E-state index contributed by atoms with van der Waals surface area (Å²) in [6, 6.07) is 6.69. The molecule has 1 aliphatic carbocycles. The Labute approximate surface area is 134 Å². The van der Waals surface area contributed by atoms with Gasteiger partial charge in [0, 0.05) is 23.4 Å². The molecule has 3 heterocycles. The maximum absolute atomic E-state index is 4.87. The highest BCUT2D eigenvalue weighted by Crippen LogP contribution is 2.32. The van der Waals surface area contributed by atoms with Gasteiger partial charge in [-0.3, -0.25) is 4.99 Å². The molecule has 5 rings (SSSR count). The first-order valence-corrected chi connectivity index (χ1v) is 8.05. The third-order valence-electron chi connectivity index (χ3n) is 4.47. The van der Waals surface area contributed by atoms with Gasteiger partial charge in [-0.05, 0) is 31.9 Å². The summed E-state index contributed by atoms with van der Waals surface area (Å²) in [5.74, 6) is 0.903. The van der Waals surface area contributed by atoms with Crippen molar-refractivity contribution in [2.75, 3.05) is 11.9 Å². The number of benzene rings is 1. The topological polar surface area (TPSA) is 62.2 Å². The number of aromatic nitrogens is 2. The van der Waals surface area contributed by atoms with E-state index in [0.717, 1.165) is 46.1 Å². The lowest BCUT2D eigenvalue weighted by molar-refractivity contribution is 1.05. The molecule has 114 valence electrons. The fraction of sp³-hybridized carbons (Fsp3) is 0.278. The van der Waals surface area contributed by atoms with Gasteiger partial charge in [0.1, 0.15) is 11.3 Å². The van der Waals surface area contributed by atoms with Gasteiger partial charge in [0.15, 0.2) is 0 Å². The molecule has 1 aromatic carbocycles. The SMILES string of the molecule is Cc1nc2cccc(C3=CC4=CNCC4=N3)c2nc1NC1CC1. The Kier molecular flexibility index (Phi) is 2.59. The number of nitrogens with one attached hydrogen (secondary N) is 2. The quantitative estimate of drug-likeness (QED) is 0.915. The minimum atomic E-state index is 0.564. The molecule has 3 aliphatic rings. The van der Waals surface area contributed by atoms with E-state index in [0.29, 0.717) is 6.04 Å². The van der Waals surface area contributed by atoms with Gasteiger partial charge >= 0.3 is 0 Å². The van der Waals surface area contributed by atoms with Crippen LogP contribution in [0.25, 0.3) is 16.7 Å². The molecule has 0 saturated heterocycles. The molecule has 0 amide bonds. The van der Waals surface area contributed by atoms with Gasteiger partial charge < -0.3 is 10.6 Å². The van der Waals surface area contributed by atoms with Gasteiger partial charge in [0.25, 0.3) is 0 Å². The van der Waals surface area contributed by atoms with Crippen molar-refractivity contribution in [2.24, 2.45) is 4.99 Å². The predicted octanol–water partition coefficient (Wildman–Crippen LogP) is 2.80. The van der Waals surface area contributed by atoms with E-state index in [9.17, 15) is 0 Å². The van der Waals surface area contributed by atoms with E-state index in [1.165, 1.54) is 18.4 Å². The van der Waals surface area contributed by atoms with Crippen LogP contribution >= 0.6 is 0 Å². The molecule has 0 unspecified atom stereocenters. The Bertz CT molecular complexity index is 918. The smallest absolute Gasteiger partial charge is 0.148 e. The molecular formula is C18H17N5. The number of hydrogen-bond acceptors (Lipinski definition) is 5. The van der Waals surface area contributed by atoms with Crippen LogP contribution in [0.15, 0.2) is 41.0 Å². The Morgan fingerprint density at radius 2 is 2.13 bits per heavy atom. The maximum atomic E-state index is 4.87. The highest BCUT2D eigenvalue weighted by Gasteiger charge is 2.24. The molecule has 0 radical (unpaired) electrons. The first-order valence-electron chi connectivity index (χ1n) is 8.05. The summed E-state index contributed by atoms with van der Waals surface area (Å²) in [4.78, 5) is 14.4.